The Morgan fingerprint density at radius 1 is 1.30 bits per heavy atom. The molecular formula is C16H25N3O. The zero-order valence-electron chi connectivity index (χ0n) is 12.3. The first-order chi connectivity index (χ1) is 9.65. The van der Waals surface area contributed by atoms with Crippen LogP contribution in [0.15, 0.2) is 30.3 Å². The Morgan fingerprint density at radius 3 is 2.60 bits per heavy atom. The zero-order chi connectivity index (χ0) is 14.4. The van der Waals surface area contributed by atoms with E-state index in [1.165, 1.54) is 5.56 Å². The average molecular weight is 275 g/mol. The molecule has 0 aliphatic carbocycles. The quantitative estimate of drug-likeness (QED) is 0.876. The Hall–Kier alpha value is -1.39. The van der Waals surface area contributed by atoms with Crippen molar-refractivity contribution in [2.75, 3.05) is 33.2 Å². The first-order valence-corrected chi connectivity index (χ1v) is 7.41. The van der Waals surface area contributed by atoms with E-state index in [4.69, 9.17) is 5.73 Å². The van der Waals surface area contributed by atoms with Gasteiger partial charge in [-0.15, -0.1) is 0 Å². The van der Waals surface area contributed by atoms with E-state index in [1.807, 2.05) is 30.1 Å². The fraction of sp³-hybridized carbons (Fsp3) is 0.562. The second kappa shape index (κ2) is 7.41. The highest BCUT2D eigenvalue weighted by molar-refractivity contribution is 5.78. The number of amides is 1. The van der Waals surface area contributed by atoms with Gasteiger partial charge in [0.2, 0.25) is 5.91 Å². The van der Waals surface area contributed by atoms with Crippen LogP contribution in [-0.4, -0.2) is 55.0 Å². The molecule has 0 radical (unpaired) electrons. The molecule has 0 atom stereocenters. The molecule has 1 saturated heterocycles. The summed E-state index contributed by atoms with van der Waals surface area (Å²) in [6, 6.07) is 10.6. The van der Waals surface area contributed by atoms with Crippen molar-refractivity contribution in [2.45, 2.75) is 25.3 Å². The number of hydrogen-bond donors (Lipinski definition) is 1. The molecule has 4 heteroatoms. The fourth-order valence-electron chi connectivity index (χ4n) is 2.49. The summed E-state index contributed by atoms with van der Waals surface area (Å²) in [6.07, 6.45) is 2.91. The van der Waals surface area contributed by atoms with Gasteiger partial charge in [-0.1, -0.05) is 30.3 Å². The van der Waals surface area contributed by atoms with Crippen molar-refractivity contribution < 1.29 is 4.79 Å². The van der Waals surface area contributed by atoms with E-state index in [0.29, 0.717) is 12.6 Å². The van der Waals surface area contributed by atoms with E-state index >= 15 is 0 Å². The van der Waals surface area contributed by atoms with Crippen molar-refractivity contribution in [3.05, 3.63) is 35.9 Å². The summed E-state index contributed by atoms with van der Waals surface area (Å²) in [6.45, 7) is 3.19. The second-order valence-corrected chi connectivity index (χ2v) is 5.66. The number of nitrogens with zero attached hydrogens (tertiary/aromatic N) is 2. The zero-order valence-corrected chi connectivity index (χ0v) is 12.3. The van der Waals surface area contributed by atoms with Crippen LogP contribution in [0.25, 0.3) is 0 Å². The van der Waals surface area contributed by atoms with Gasteiger partial charge in [0.25, 0.3) is 0 Å². The minimum absolute atomic E-state index is 0.205. The SMILES string of the molecule is CN(CCc1ccccc1)C(=O)CN1CCC(N)CC1. The number of benzene rings is 1. The van der Waals surface area contributed by atoms with E-state index in [2.05, 4.69) is 17.0 Å². The van der Waals surface area contributed by atoms with Gasteiger partial charge < -0.3 is 10.6 Å². The van der Waals surface area contributed by atoms with E-state index in [1.54, 1.807) is 0 Å². The van der Waals surface area contributed by atoms with Crippen molar-refractivity contribution in [3.8, 4) is 0 Å². The summed E-state index contributed by atoms with van der Waals surface area (Å²) in [7, 11) is 1.89. The topological polar surface area (TPSA) is 49.6 Å². The van der Waals surface area contributed by atoms with Crippen LogP contribution in [-0.2, 0) is 11.2 Å². The number of carbonyl (C=O) groups is 1. The van der Waals surface area contributed by atoms with E-state index in [9.17, 15) is 4.79 Å². The molecule has 0 unspecified atom stereocenters. The minimum Gasteiger partial charge on any atom is -0.344 e. The van der Waals surface area contributed by atoms with Crippen molar-refractivity contribution in [2.24, 2.45) is 5.73 Å². The van der Waals surface area contributed by atoms with E-state index < -0.39 is 0 Å². The van der Waals surface area contributed by atoms with Crippen LogP contribution in [0.2, 0.25) is 0 Å². The largest absolute Gasteiger partial charge is 0.344 e. The molecule has 2 N–H and O–H groups in total. The Bertz CT molecular complexity index is 413. The van der Waals surface area contributed by atoms with Gasteiger partial charge in [0.1, 0.15) is 0 Å². The molecule has 110 valence electrons. The summed E-state index contributed by atoms with van der Waals surface area (Å²) in [4.78, 5) is 16.2. The number of carbonyl (C=O) groups excluding carboxylic acids is 1. The van der Waals surface area contributed by atoms with Crippen LogP contribution >= 0.6 is 0 Å². The molecule has 0 bridgehead atoms. The van der Waals surface area contributed by atoms with Crippen molar-refractivity contribution in [3.63, 3.8) is 0 Å². The number of likely N-dealkylation sites (N-methyl/N-ethyl adjacent to an activating group) is 1. The standard InChI is InChI=1S/C16H25N3O/c1-18(10-7-14-5-3-2-4-6-14)16(20)13-19-11-8-15(17)9-12-19/h2-6,15H,7-13,17H2,1H3. The monoisotopic (exact) mass is 275 g/mol. The number of rotatable bonds is 5. The predicted molar refractivity (Wildman–Crippen MR) is 81.4 cm³/mol. The normalized spacial score (nSPS) is 17.1. The Kier molecular flexibility index (Phi) is 5.56. The molecule has 1 heterocycles. The van der Waals surface area contributed by atoms with Gasteiger partial charge >= 0.3 is 0 Å². The maximum atomic E-state index is 12.2. The van der Waals surface area contributed by atoms with Gasteiger partial charge in [0.05, 0.1) is 6.54 Å². The van der Waals surface area contributed by atoms with Gasteiger partial charge in [0, 0.05) is 32.7 Å². The Balaban J connectivity index is 1.72. The van der Waals surface area contributed by atoms with E-state index in [-0.39, 0.29) is 5.91 Å². The molecule has 1 aliphatic heterocycles. The maximum absolute atomic E-state index is 12.2. The van der Waals surface area contributed by atoms with E-state index in [0.717, 1.165) is 38.9 Å². The number of likely N-dealkylation sites (tertiary alicyclic amines) is 1. The van der Waals surface area contributed by atoms with Crippen LogP contribution in [0.1, 0.15) is 18.4 Å². The summed E-state index contributed by atoms with van der Waals surface area (Å²) >= 11 is 0. The number of nitrogens with two attached hydrogens (primary N) is 1. The molecule has 1 amide bonds. The summed E-state index contributed by atoms with van der Waals surface area (Å²) < 4.78 is 0. The number of hydrogen-bond acceptors (Lipinski definition) is 3. The van der Waals surface area contributed by atoms with Gasteiger partial charge in [0.15, 0.2) is 0 Å². The van der Waals surface area contributed by atoms with Crippen LogP contribution in [0.4, 0.5) is 0 Å². The highest BCUT2D eigenvalue weighted by Crippen LogP contribution is 2.08. The first kappa shape index (κ1) is 15.0. The van der Waals surface area contributed by atoms with Crippen molar-refractivity contribution in [1.29, 1.82) is 0 Å². The second-order valence-electron chi connectivity index (χ2n) is 5.66. The van der Waals surface area contributed by atoms with Crippen LogP contribution in [0.5, 0.6) is 0 Å². The van der Waals surface area contributed by atoms with Crippen LogP contribution in [0, 0.1) is 0 Å². The highest BCUT2D eigenvalue weighted by atomic mass is 16.2. The summed E-state index contributed by atoms with van der Waals surface area (Å²) in [5.74, 6) is 0.205. The molecule has 0 aromatic heterocycles. The van der Waals surface area contributed by atoms with Gasteiger partial charge in [-0.05, 0) is 24.8 Å². The third-order valence-electron chi connectivity index (χ3n) is 4.00. The third-order valence-corrected chi connectivity index (χ3v) is 4.00. The Labute approximate surface area is 121 Å². The van der Waals surface area contributed by atoms with Crippen LogP contribution < -0.4 is 5.73 Å². The summed E-state index contributed by atoms with van der Waals surface area (Å²) in [5.41, 5.74) is 7.15. The first-order valence-electron chi connectivity index (χ1n) is 7.41. The smallest absolute Gasteiger partial charge is 0.236 e. The predicted octanol–water partition coefficient (Wildman–Crippen LogP) is 1.11. The Morgan fingerprint density at radius 2 is 1.95 bits per heavy atom. The summed E-state index contributed by atoms with van der Waals surface area (Å²) in [5, 5.41) is 0. The molecule has 0 spiro atoms. The van der Waals surface area contributed by atoms with Crippen LogP contribution in [0.3, 0.4) is 0 Å². The number of piperidine rings is 1. The van der Waals surface area contributed by atoms with Crippen molar-refractivity contribution >= 4 is 5.91 Å². The molecule has 2 rings (SSSR count). The molecule has 0 saturated carbocycles. The lowest BCUT2D eigenvalue weighted by atomic mass is 10.1. The minimum atomic E-state index is 0.205. The molecule has 1 aromatic carbocycles. The molecule has 1 aliphatic rings. The van der Waals surface area contributed by atoms with Crippen molar-refractivity contribution in [1.82, 2.24) is 9.80 Å². The average Bonchev–Trinajstić information content (AvgIpc) is 2.48. The lowest BCUT2D eigenvalue weighted by Gasteiger charge is -2.30. The van der Waals surface area contributed by atoms with Gasteiger partial charge in [-0.3, -0.25) is 9.69 Å². The maximum Gasteiger partial charge on any atom is 0.236 e. The van der Waals surface area contributed by atoms with Gasteiger partial charge in [-0.2, -0.15) is 0 Å². The lowest BCUT2D eigenvalue weighted by Crippen LogP contribution is -2.45. The van der Waals surface area contributed by atoms with Gasteiger partial charge in [-0.25, -0.2) is 0 Å². The molecule has 1 fully saturated rings. The third kappa shape index (κ3) is 4.62. The molecule has 4 nitrogen and oxygen atoms in total. The lowest BCUT2D eigenvalue weighted by molar-refractivity contribution is -0.131. The molecule has 1 aromatic rings. The molecular weight excluding hydrogens is 250 g/mol. The molecule has 20 heavy (non-hydrogen) atoms. The fourth-order valence-corrected chi connectivity index (χ4v) is 2.49. The highest BCUT2D eigenvalue weighted by Gasteiger charge is 2.19.